The van der Waals surface area contributed by atoms with Crippen LogP contribution in [0.2, 0.25) is 5.02 Å². The molecular weight excluding hydrogens is 354 g/mol. The molecule has 0 saturated carbocycles. The van der Waals surface area contributed by atoms with Crippen molar-refractivity contribution in [3.8, 4) is 18.1 Å². The fourth-order valence-electron chi connectivity index (χ4n) is 2.15. The molecule has 0 aliphatic carbocycles. The van der Waals surface area contributed by atoms with Gasteiger partial charge in [0.05, 0.1) is 13.0 Å². The maximum Gasteiger partial charge on any atom is 0.271 e. The van der Waals surface area contributed by atoms with Gasteiger partial charge in [-0.1, -0.05) is 23.6 Å². The molecule has 1 heterocycles. The molecule has 6 nitrogen and oxygen atoms in total. The van der Waals surface area contributed by atoms with Crippen LogP contribution in [0.25, 0.3) is 0 Å². The second-order valence-electron chi connectivity index (χ2n) is 5.87. The average molecular weight is 372 g/mol. The number of aromatic hydroxyl groups is 1. The standard InChI is InChI=1S/C19H18ClN3O3/c1-3-19(2,23-18(26)15-6-4-5-9-21-15)12-22-17(25)11-13-10-14(20)7-8-16(13)24/h1,4-10,24H,11-12H2,2H3,(H,22,25)(H,23,26). The predicted molar refractivity (Wildman–Crippen MR) is 98.8 cm³/mol. The van der Waals surface area contributed by atoms with Crippen molar-refractivity contribution in [2.24, 2.45) is 0 Å². The lowest BCUT2D eigenvalue weighted by atomic mass is 10.0. The number of carbonyl (C=O) groups excluding carboxylic acids is 2. The maximum atomic E-state index is 12.2. The van der Waals surface area contributed by atoms with E-state index >= 15 is 0 Å². The normalized spacial score (nSPS) is 12.5. The summed E-state index contributed by atoms with van der Waals surface area (Å²) in [6.07, 6.45) is 6.96. The zero-order valence-corrected chi connectivity index (χ0v) is 14.9. The van der Waals surface area contributed by atoms with Gasteiger partial charge in [0, 0.05) is 16.8 Å². The number of carbonyl (C=O) groups is 2. The third-order valence-corrected chi connectivity index (χ3v) is 3.87. The molecule has 26 heavy (non-hydrogen) atoms. The smallest absolute Gasteiger partial charge is 0.271 e. The number of hydrogen-bond donors (Lipinski definition) is 3. The van der Waals surface area contributed by atoms with E-state index in [1.807, 2.05) is 0 Å². The van der Waals surface area contributed by atoms with Crippen molar-refractivity contribution in [2.45, 2.75) is 18.9 Å². The summed E-state index contributed by atoms with van der Waals surface area (Å²) in [6, 6.07) is 9.41. The number of nitrogens with zero attached hydrogens (tertiary/aromatic N) is 1. The number of rotatable bonds is 6. The quantitative estimate of drug-likeness (QED) is 0.676. The van der Waals surface area contributed by atoms with Crippen molar-refractivity contribution >= 4 is 23.4 Å². The Morgan fingerprint density at radius 2 is 2.12 bits per heavy atom. The van der Waals surface area contributed by atoms with Gasteiger partial charge in [-0.05, 0) is 37.3 Å². The van der Waals surface area contributed by atoms with Gasteiger partial charge in [0.2, 0.25) is 5.91 Å². The Labute approximate surface area is 156 Å². The summed E-state index contributed by atoms with van der Waals surface area (Å²) in [5, 5.41) is 15.5. The molecular formula is C19H18ClN3O3. The molecule has 1 unspecified atom stereocenters. The SMILES string of the molecule is C#CC(C)(CNC(=O)Cc1cc(Cl)ccc1O)NC(=O)c1ccccn1. The molecule has 0 fully saturated rings. The Balaban J connectivity index is 1.96. The van der Waals surface area contributed by atoms with Gasteiger partial charge in [-0.2, -0.15) is 0 Å². The molecule has 0 aliphatic heterocycles. The van der Waals surface area contributed by atoms with E-state index in [0.717, 1.165) is 0 Å². The van der Waals surface area contributed by atoms with Crippen LogP contribution >= 0.6 is 11.6 Å². The monoisotopic (exact) mass is 371 g/mol. The number of halogens is 1. The lowest BCUT2D eigenvalue weighted by molar-refractivity contribution is -0.120. The lowest BCUT2D eigenvalue weighted by Gasteiger charge is -2.25. The van der Waals surface area contributed by atoms with Gasteiger partial charge in [-0.15, -0.1) is 6.42 Å². The fraction of sp³-hybridized carbons (Fsp3) is 0.211. The van der Waals surface area contributed by atoms with Crippen LogP contribution in [0.4, 0.5) is 0 Å². The van der Waals surface area contributed by atoms with Crippen LogP contribution in [0.1, 0.15) is 23.0 Å². The summed E-state index contributed by atoms with van der Waals surface area (Å²) in [5.74, 6) is 1.65. The van der Waals surface area contributed by atoms with Crippen molar-refractivity contribution in [1.29, 1.82) is 0 Å². The Kier molecular flexibility index (Phi) is 6.21. The summed E-state index contributed by atoms with van der Waals surface area (Å²) >= 11 is 5.87. The van der Waals surface area contributed by atoms with Crippen molar-refractivity contribution in [1.82, 2.24) is 15.6 Å². The van der Waals surface area contributed by atoms with E-state index in [1.165, 1.54) is 24.4 Å². The zero-order valence-electron chi connectivity index (χ0n) is 14.1. The highest BCUT2D eigenvalue weighted by atomic mass is 35.5. The number of hydrogen-bond acceptors (Lipinski definition) is 4. The van der Waals surface area contributed by atoms with Crippen molar-refractivity contribution in [3.63, 3.8) is 0 Å². The third kappa shape index (κ3) is 5.23. The first-order valence-corrected chi connectivity index (χ1v) is 8.16. The van der Waals surface area contributed by atoms with Crippen LogP contribution < -0.4 is 10.6 Å². The van der Waals surface area contributed by atoms with E-state index in [9.17, 15) is 14.7 Å². The fourth-order valence-corrected chi connectivity index (χ4v) is 2.34. The molecule has 0 radical (unpaired) electrons. The van der Waals surface area contributed by atoms with Crippen LogP contribution in [-0.2, 0) is 11.2 Å². The Morgan fingerprint density at radius 3 is 2.77 bits per heavy atom. The van der Waals surface area contributed by atoms with Crippen LogP contribution in [0.3, 0.4) is 0 Å². The number of pyridine rings is 1. The molecule has 0 spiro atoms. The predicted octanol–water partition coefficient (Wildman–Crippen LogP) is 1.92. The van der Waals surface area contributed by atoms with E-state index < -0.39 is 11.4 Å². The van der Waals surface area contributed by atoms with E-state index in [4.69, 9.17) is 18.0 Å². The van der Waals surface area contributed by atoms with Crippen molar-refractivity contribution in [2.75, 3.05) is 6.54 Å². The minimum atomic E-state index is -1.10. The largest absolute Gasteiger partial charge is 0.508 e. The van der Waals surface area contributed by atoms with Gasteiger partial charge in [-0.25, -0.2) is 0 Å². The van der Waals surface area contributed by atoms with Crippen molar-refractivity contribution < 1.29 is 14.7 Å². The van der Waals surface area contributed by atoms with E-state index in [2.05, 4.69) is 21.5 Å². The summed E-state index contributed by atoms with van der Waals surface area (Å²) in [5.41, 5.74) is -0.472. The third-order valence-electron chi connectivity index (χ3n) is 3.64. The van der Waals surface area contributed by atoms with Gasteiger partial charge in [-0.3, -0.25) is 14.6 Å². The highest BCUT2D eigenvalue weighted by Gasteiger charge is 2.25. The molecule has 1 aromatic carbocycles. The number of phenols is 1. The van der Waals surface area contributed by atoms with Crippen molar-refractivity contribution in [3.05, 3.63) is 58.9 Å². The summed E-state index contributed by atoms with van der Waals surface area (Å²) in [7, 11) is 0. The molecule has 2 amide bonds. The first-order valence-electron chi connectivity index (χ1n) is 7.78. The first kappa shape index (κ1) is 19.3. The number of nitrogens with one attached hydrogen (secondary N) is 2. The second-order valence-corrected chi connectivity index (χ2v) is 6.31. The number of phenolic OH excluding ortho intramolecular Hbond substituents is 1. The first-order chi connectivity index (χ1) is 12.3. The highest BCUT2D eigenvalue weighted by molar-refractivity contribution is 6.30. The minimum Gasteiger partial charge on any atom is -0.508 e. The molecule has 3 N–H and O–H groups in total. The topological polar surface area (TPSA) is 91.3 Å². The molecule has 134 valence electrons. The van der Waals surface area contributed by atoms with Gasteiger partial charge in [0.15, 0.2) is 0 Å². The van der Waals surface area contributed by atoms with Gasteiger partial charge in [0.25, 0.3) is 5.91 Å². The Hall–Kier alpha value is -3.04. The average Bonchev–Trinajstić information content (AvgIpc) is 2.64. The number of aromatic nitrogens is 1. The Bertz CT molecular complexity index is 849. The van der Waals surface area contributed by atoms with Crippen LogP contribution in [-0.4, -0.2) is 34.0 Å². The molecule has 2 rings (SSSR count). The molecule has 7 heteroatoms. The second kappa shape index (κ2) is 8.37. The van der Waals surface area contributed by atoms with Crippen LogP contribution in [0.5, 0.6) is 5.75 Å². The molecule has 1 aromatic heterocycles. The number of amides is 2. The number of terminal acetylenes is 1. The van der Waals surface area contributed by atoms with Gasteiger partial charge >= 0.3 is 0 Å². The summed E-state index contributed by atoms with van der Waals surface area (Å²) in [6.45, 7) is 1.63. The van der Waals surface area contributed by atoms with Gasteiger partial charge in [0.1, 0.15) is 17.0 Å². The molecule has 0 aliphatic rings. The lowest BCUT2D eigenvalue weighted by Crippen LogP contribution is -2.53. The van der Waals surface area contributed by atoms with Gasteiger partial charge < -0.3 is 15.7 Å². The van der Waals surface area contributed by atoms with E-state index in [0.29, 0.717) is 10.6 Å². The highest BCUT2D eigenvalue weighted by Crippen LogP contribution is 2.21. The molecule has 0 saturated heterocycles. The summed E-state index contributed by atoms with van der Waals surface area (Å²) in [4.78, 5) is 28.3. The van der Waals surface area contributed by atoms with E-state index in [-0.39, 0.29) is 30.3 Å². The maximum absolute atomic E-state index is 12.2. The minimum absolute atomic E-state index is 0.0161. The molecule has 1 atom stereocenters. The Morgan fingerprint density at radius 1 is 1.35 bits per heavy atom. The molecule has 0 bridgehead atoms. The van der Waals surface area contributed by atoms with Crippen LogP contribution in [0, 0.1) is 12.3 Å². The van der Waals surface area contributed by atoms with E-state index in [1.54, 1.807) is 25.1 Å². The summed E-state index contributed by atoms with van der Waals surface area (Å²) < 4.78 is 0. The zero-order chi connectivity index (χ0) is 19.2. The van der Waals surface area contributed by atoms with Crippen LogP contribution in [0.15, 0.2) is 42.6 Å². The molecule has 2 aromatic rings. The number of benzene rings is 1.